The number of benzene rings is 2. The van der Waals surface area contributed by atoms with Crippen LogP contribution < -0.4 is 0 Å². The first-order chi connectivity index (χ1) is 8.54. The average molecular weight is 244 g/mol. The molecule has 0 aliphatic rings. The van der Waals surface area contributed by atoms with E-state index >= 15 is 0 Å². The Morgan fingerprint density at radius 3 is 2.50 bits per heavy atom. The maximum atomic E-state index is 10.1. The summed E-state index contributed by atoms with van der Waals surface area (Å²) in [5.74, 6) is 0. The summed E-state index contributed by atoms with van der Waals surface area (Å²) in [6.07, 6.45) is 0.273. The van der Waals surface area contributed by atoms with E-state index in [0.717, 1.165) is 10.9 Å². The van der Waals surface area contributed by atoms with Crippen molar-refractivity contribution in [3.05, 3.63) is 48.0 Å². The lowest BCUT2D eigenvalue weighted by atomic mass is 9.89. The summed E-state index contributed by atoms with van der Waals surface area (Å²) >= 11 is 0. The first kappa shape index (κ1) is 13.1. The van der Waals surface area contributed by atoms with Crippen LogP contribution in [0, 0.1) is 0 Å². The van der Waals surface area contributed by atoms with Gasteiger partial charge in [0.1, 0.15) is 0 Å². The van der Waals surface area contributed by atoms with Gasteiger partial charge in [-0.3, -0.25) is 0 Å². The van der Waals surface area contributed by atoms with Gasteiger partial charge in [-0.2, -0.15) is 0 Å². The topological polar surface area (TPSA) is 40.5 Å². The van der Waals surface area contributed by atoms with Gasteiger partial charge in [0.05, 0.1) is 11.7 Å². The molecule has 0 radical (unpaired) electrons. The third-order valence-corrected chi connectivity index (χ3v) is 3.73. The molecule has 2 N–H and O–H groups in total. The third-order valence-electron chi connectivity index (χ3n) is 3.73. The van der Waals surface area contributed by atoms with Crippen LogP contribution in [0.3, 0.4) is 0 Å². The normalized spacial score (nSPS) is 16.4. The minimum atomic E-state index is -1.03. The van der Waals surface area contributed by atoms with E-state index < -0.39 is 11.7 Å². The fraction of sp³-hybridized carbons (Fsp3) is 0.375. The lowest BCUT2D eigenvalue weighted by Gasteiger charge is -2.28. The van der Waals surface area contributed by atoms with E-state index in [1.165, 1.54) is 5.39 Å². The van der Waals surface area contributed by atoms with Crippen LogP contribution >= 0.6 is 0 Å². The first-order valence-corrected chi connectivity index (χ1v) is 6.41. The van der Waals surface area contributed by atoms with Crippen LogP contribution in [0.2, 0.25) is 0 Å². The maximum absolute atomic E-state index is 10.1. The van der Waals surface area contributed by atoms with Gasteiger partial charge in [0.2, 0.25) is 0 Å². The summed E-state index contributed by atoms with van der Waals surface area (Å²) in [5.41, 5.74) is 0.0473. The molecule has 2 unspecified atom stereocenters. The molecule has 0 fully saturated rings. The van der Waals surface area contributed by atoms with E-state index in [0.29, 0.717) is 12.8 Å². The SMILES string of the molecule is CCC(C)(O)C(O)Cc1cccc2ccccc12. The summed E-state index contributed by atoms with van der Waals surface area (Å²) in [4.78, 5) is 0. The zero-order valence-corrected chi connectivity index (χ0v) is 10.9. The molecule has 0 amide bonds. The third kappa shape index (κ3) is 2.55. The van der Waals surface area contributed by atoms with Crippen molar-refractivity contribution in [2.45, 2.75) is 38.4 Å². The highest BCUT2D eigenvalue weighted by Gasteiger charge is 2.28. The van der Waals surface area contributed by atoms with Gasteiger partial charge in [-0.1, -0.05) is 49.4 Å². The Labute approximate surface area is 108 Å². The highest BCUT2D eigenvalue weighted by Crippen LogP contribution is 2.23. The van der Waals surface area contributed by atoms with Gasteiger partial charge in [0.15, 0.2) is 0 Å². The van der Waals surface area contributed by atoms with Crippen LogP contribution in [0.5, 0.6) is 0 Å². The number of aliphatic hydroxyl groups is 2. The molecule has 0 aliphatic carbocycles. The number of hydrogen-bond acceptors (Lipinski definition) is 2. The van der Waals surface area contributed by atoms with E-state index in [1.54, 1.807) is 6.92 Å². The summed E-state index contributed by atoms with van der Waals surface area (Å²) in [7, 11) is 0. The van der Waals surface area contributed by atoms with Crippen LogP contribution in [0.1, 0.15) is 25.8 Å². The number of fused-ring (bicyclic) bond motifs is 1. The zero-order valence-electron chi connectivity index (χ0n) is 10.9. The molecule has 0 saturated carbocycles. The molecular formula is C16H20O2. The van der Waals surface area contributed by atoms with E-state index in [2.05, 4.69) is 18.2 Å². The highest BCUT2D eigenvalue weighted by atomic mass is 16.3. The Kier molecular flexibility index (Phi) is 3.69. The minimum absolute atomic E-state index is 0.474. The molecule has 2 rings (SSSR count). The molecule has 2 heteroatoms. The van der Waals surface area contributed by atoms with Gasteiger partial charge < -0.3 is 10.2 Å². The molecule has 2 nitrogen and oxygen atoms in total. The van der Waals surface area contributed by atoms with Crippen molar-refractivity contribution < 1.29 is 10.2 Å². The monoisotopic (exact) mass is 244 g/mol. The van der Waals surface area contributed by atoms with Crippen LogP contribution in [-0.2, 0) is 6.42 Å². The van der Waals surface area contributed by atoms with Gasteiger partial charge >= 0.3 is 0 Å². The molecule has 0 saturated heterocycles. The van der Waals surface area contributed by atoms with Crippen molar-refractivity contribution in [1.29, 1.82) is 0 Å². The molecule has 2 aromatic rings. The minimum Gasteiger partial charge on any atom is -0.390 e. The molecule has 0 aromatic heterocycles. The lowest BCUT2D eigenvalue weighted by molar-refractivity contribution is -0.0628. The fourth-order valence-corrected chi connectivity index (χ4v) is 2.13. The summed E-state index contributed by atoms with van der Waals surface area (Å²) in [5, 5.41) is 22.5. The second-order valence-corrected chi connectivity index (χ2v) is 5.07. The largest absolute Gasteiger partial charge is 0.390 e. The van der Waals surface area contributed by atoms with E-state index in [1.807, 2.05) is 31.2 Å². The summed E-state index contributed by atoms with van der Waals surface area (Å²) in [6, 6.07) is 14.2. The summed E-state index contributed by atoms with van der Waals surface area (Å²) in [6.45, 7) is 3.56. The zero-order chi connectivity index (χ0) is 13.2. The van der Waals surface area contributed by atoms with Crippen molar-refractivity contribution in [3.63, 3.8) is 0 Å². The average Bonchev–Trinajstić information content (AvgIpc) is 2.39. The van der Waals surface area contributed by atoms with Crippen molar-refractivity contribution in [1.82, 2.24) is 0 Å². The Hall–Kier alpha value is -1.38. The molecule has 2 atom stereocenters. The second kappa shape index (κ2) is 5.09. The predicted molar refractivity (Wildman–Crippen MR) is 74.6 cm³/mol. The molecule has 0 bridgehead atoms. The summed E-state index contributed by atoms with van der Waals surface area (Å²) < 4.78 is 0. The predicted octanol–water partition coefficient (Wildman–Crippen LogP) is 2.90. The smallest absolute Gasteiger partial charge is 0.0878 e. The van der Waals surface area contributed by atoms with Crippen molar-refractivity contribution in [2.75, 3.05) is 0 Å². The molecule has 2 aromatic carbocycles. The highest BCUT2D eigenvalue weighted by molar-refractivity contribution is 5.85. The van der Waals surface area contributed by atoms with Crippen LogP contribution in [0.15, 0.2) is 42.5 Å². The van der Waals surface area contributed by atoms with Gasteiger partial charge in [-0.05, 0) is 29.7 Å². The van der Waals surface area contributed by atoms with Crippen molar-refractivity contribution >= 4 is 10.8 Å². The van der Waals surface area contributed by atoms with E-state index in [9.17, 15) is 10.2 Å². The Morgan fingerprint density at radius 2 is 1.78 bits per heavy atom. The molecular weight excluding hydrogens is 224 g/mol. The van der Waals surface area contributed by atoms with Crippen molar-refractivity contribution in [2.24, 2.45) is 0 Å². The Morgan fingerprint density at radius 1 is 1.11 bits per heavy atom. The number of rotatable bonds is 4. The van der Waals surface area contributed by atoms with Crippen LogP contribution in [0.25, 0.3) is 10.8 Å². The van der Waals surface area contributed by atoms with E-state index in [-0.39, 0.29) is 0 Å². The standard InChI is InChI=1S/C16H20O2/c1-3-16(2,18)15(17)11-13-9-6-8-12-7-4-5-10-14(12)13/h4-10,15,17-18H,3,11H2,1-2H3. The van der Waals surface area contributed by atoms with Gasteiger partial charge in [-0.15, -0.1) is 0 Å². The van der Waals surface area contributed by atoms with Gasteiger partial charge in [0.25, 0.3) is 0 Å². The molecule has 0 heterocycles. The van der Waals surface area contributed by atoms with Crippen LogP contribution in [-0.4, -0.2) is 21.9 Å². The second-order valence-electron chi connectivity index (χ2n) is 5.07. The van der Waals surface area contributed by atoms with Crippen LogP contribution in [0.4, 0.5) is 0 Å². The van der Waals surface area contributed by atoms with Gasteiger partial charge in [0, 0.05) is 6.42 Å². The lowest BCUT2D eigenvalue weighted by Crippen LogP contribution is -2.39. The number of hydrogen-bond donors (Lipinski definition) is 2. The molecule has 0 aliphatic heterocycles. The van der Waals surface area contributed by atoms with E-state index in [4.69, 9.17) is 0 Å². The Bertz CT molecular complexity index is 526. The Balaban J connectivity index is 2.32. The van der Waals surface area contributed by atoms with Gasteiger partial charge in [-0.25, -0.2) is 0 Å². The first-order valence-electron chi connectivity index (χ1n) is 6.41. The number of aliphatic hydroxyl groups excluding tert-OH is 1. The molecule has 18 heavy (non-hydrogen) atoms. The fourth-order valence-electron chi connectivity index (χ4n) is 2.13. The maximum Gasteiger partial charge on any atom is 0.0878 e. The molecule has 0 spiro atoms. The van der Waals surface area contributed by atoms with Crippen molar-refractivity contribution in [3.8, 4) is 0 Å². The quantitative estimate of drug-likeness (QED) is 0.868. The molecule has 96 valence electrons.